The summed E-state index contributed by atoms with van der Waals surface area (Å²) in [7, 11) is -3.95. The molecule has 2 N–H and O–H groups in total. The van der Waals surface area contributed by atoms with Crippen LogP contribution < -0.4 is 10.0 Å². The predicted molar refractivity (Wildman–Crippen MR) is 115 cm³/mol. The van der Waals surface area contributed by atoms with Gasteiger partial charge in [-0.2, -0.15) is 4.72 Å². The zero-order valence-electron chi connectivity index (χ0n) is 17.2. The SMILES string of the molecule is Cc1noc(C)c1S(=O)(=O)N[C@@H](C)C(=O)Nc1ccc(-n2cnc3ccccc32)cc1. The lowest BCUT2D eigenvalue weighted by Crippen LogP contribution is -2.41. The summed E-state index contributed by atoms with van der Waals surface area (Å²) in [5, 5.41) is 6.37. The van der Waals surface area contributed by atoms with E-state index in [4.69, 9.17) is 4.52 Å². The van der Waals surface area contributed by atoms with Crippen molar-refractivity contribution in [3.05, 3.63) is 66.3 Å². The summed E-state index contributed by atoms with van der Waals surface area (Å²) < 4.78 is 34.4. The number of hydrogen-bond acceptors (Lipinski definition) is 6. The summed E-state index contributed by atoms with van der Waals surface area (Å²) in [6.07, 6.45) is 1.74. The minimum absolute atomic E-state index is 0.0518. The van der Waals surface area contributed by atoms with Crippen LogP contribution in [-0.2, 0) is 14.8 Å². The maximum absolute atomic E-state index is 12.6. The highest BCUT2D eigenvalue weighted by atomic mass is 32.2. The molecule has 0 aliphatic rings. The fourth-order valence-electron chi connectivity index (χ4n) is 3.32. The van der Waals surface area contributed by atoms with Crippen LogP contribution in [0.15, 0.2) is 64.3 Å². The van der Waals surface area contributed by atoms with Crippen LogP contribution in [0.4, 0.5) is 5.69 Å². The minimum Gasteiger partial charge on any atom is -0.360 e. The van der Waals surface area contributed by atoms with E-state index in [0.29, 0.717) is 5.69 Å². The summed E-state index contributed by atoms with van der Waals surface area (Å²) in [6, 6.07) is 14.0. The first-order valence-corrected chi connectivity index (χ1v) is 11.0. The second kappa shape index (κ2) is 7.97. The van der Waals surface area contributed by atoms with Crippen molar-refractivity contribution in [1.29, 1.82) is 0 Å². The molecule has 0 fully saturated rings. The van der Waals surface area contributed by atoms with Gasteiger partial charge in [0.25, 0.3) is 0 Å². The van der Waals surface area contributed by atoms with Crippen LogP contribution in [0.3, 0.4) is 0 Å². The second-order valence-electron chi connectivity index (χ2n) is 7.14. The third kappa shape index (κ3) is 4.07. The van der Waals surface area contributed by atoms with Crippen molar-refractivity contribution in [1.82, 2.24) is 19.4 Å². The molecule has 31 heavy (non-hydrogen) atoms. The molecule has 0 saturated heterocycles. The Balaban J connectivity index is 1.46. The number of nitrogens with zero attached hydrogens (tertiary/aromatic N) is 3. The number of rotatable bonds is 6. The van der Waals surface area contributed by atoms with Gasteiger partial charge in [-0.1, -0.05) is 17.3 Å². The summed E-state index contributed by atoms with van der Waals surface area (Å²) >= 11 is 0. The van der Waals surface area contributed by atoms with Crippen molar-refractivity contribution >= 4 is 32.7 Å². The first-order chi connectivity index (χ1) is 14.8. The van der Waals surface area contributed by atoms with Gasteiger partial charge in [0.2, 0.25) is 15.9 Å². The number of nitrogens with one attached hydrogen (secondary N) is 2. The van der Waals surface area contributed by atoms with Crippen LogP contribution in [0.25, 0.3) is 16.7 Å². The Morgan fingerprint density at radius 1 is 1.10 bits per heavy atom. The smallest absolute Gasteiger partial charge is 0.246 e. The van der Waals surface area contributed by atoms with Crippen LogP contribution >= 0.6 is 0 Å². The molecule has 0 bridgehead atoms. The number of anilines is 1. The molecule has 2 aromatic carbocycles. The van der Waals surface area contributed by atoms with Crippen molar-refractivity contribution < 1.29 is 17.7 Å². The van der Waals surface area contributed by atoms with Gasteiger partial charge >= 0.3 is 0 Å². The van der Waals surface area contributed by atoms with Crippen LogP contribution in [-0.4, -0.2) is 35.1 Å². The molecule has 1 atom stereocenters. The number of fused-ring (bicyclic) bond motifs is 1. The van der Waals surface area contributed by atoms with E-state index >= 15 is 0 Å². The lowest BCUT2D eigenvalue weighted by Gasteiger charge is -2.14. The highest BCUT2D eigenvalue weighted by Gasteiger charge is 2.28. The number of amides is 1. The van der Waals surface area contributed by atoms with Gasteiger partial charge in [-0.05, 0) is 57.2 Å². The van der Waals surface area contributed by atoms with Crippen molar-refractivity contribution in [2.75, 3.05) is 5.32 Å². The van der Waals surface area contributed by atoms with E-state index in [-0.39, 0.29) is 16.3 Å². The fourth-order valence-corrected chi connectivity index (χ4v) is 4.86. The van der Waals surface area contributed by atoms with Crippen LogP contribution in [0.5, 0.6) is 0 Å². The number of hydrogen-bond donors (Lipinski definition) is 2. The maximum Gasteiger partial charge on any atom is 0.246 e. The van der Waals surface area contributed by atoms with E-state index in [2.05, 4.69) is 20.2 Å². The molecule has 1 amide bonds. The largest absolute Gasteiger partial charge is 0.360 e. The molecule has 4 aromatic rings. The maximum atomic E-state index is 12.6. The number of sulfonamides is 1. The monoisotopic (exact) mass is 439 g/mol. The Morgan fingerprint density at radius 3 is 2.48 bits per heavy atom. The predicted octanol–water partition coefficient (Wildman–Crippen LogP) is 2.94. The standard InChI is InChI=1S/C21H21N5O4S/c1-13-20(15(3)30-24-13)31(28,29)25-14(2)21(27)23-16-8-10-17(11-9-16)26-12-22-18-6-4-5-7-19(18)26/h4-12,14,25H,1-3H3,(H,23,27)/t14-/m0/s1. The number of aryl methyl sites for hydroxylation is 2. The Morgan fingerprint density at radius 2 is 1.81 bits per heavy atom. The van der Waals surface area contributed by atoms with Gasteiger partial charge < -0.3 is 9.84 Å². The Hall–Kier alpha value is -3.50. The molecular formula is C21H21N5O4S. The van der Waals surface area contributed by atoms with Gasteiger partial charge in [0.1, 0.15) is 16.9 Å². The molecule has 160 valence electrons. The normalized spacial score (nSPS) is 12.7. The number of aromatic nitrogens is 3. The lowest BCUT2D eigenvalue weighted by atomic mass is 10.2. The topological polar surface area (TPSA) is 119 Å². The molecule has 0 spiro atoms. The zero-order valence-corrected chi connectivity index (χ0v) is 18.0. The fraction of sp³-hybridized carbons (Fsp3) is 0.190. The first kappa shape index (κ1) is 20.8. The molecule has 0 radical (unpaired) electrons. The first-order valence-electron chi connectivity index (χ1n) is 9.55. The summed E-state index contributed by atoms with van der Waals surface area (Å²) in [6.45, 7) is 4.50. The number of benzene rings is 2. The summed E-state index contributed by atoms with van der Waals surface area (Å²) in [5.74, 6) is -0.323. The van der Waals surface area contributed by atoms with Gasteiger partial charge in [-0.25, -0.2) is 13.4 Å². The quantitative estimate of drug-likeness (QED) is 0.477. The molecule has 2 aromatic heterocycles. The minimum atomic E-state index is -3.95. The number of imidazole rings is 1. The Bertz CT molecular complexity index is 1340. The van der Waals surface area contributed by atoms with Crippen LogP contribution in [0.2, 0.25) is 0 Å². The molecule has 2 heterocycles. The molecular weight excluding hydrogens is 418 g/mol. The van der Waals surface area contributed by atoms with E-state index in [0.717, 1.165) is 16.7 Å². The highest BCUT2D eigenvalue weighted by Crippen LogP contribution is 2.21. The van der Waals surface area contributed by atoms with Gasteiger partial charge in [0.15, 0.2) is 5.76 Å². The van der Waals surface area contributed by atoms with Crippen molar-refractivity contribution in [3.63, 3.8) is 0 Å². The van der Waals surface area contributed by atoms with Gasteiger partial charge in [0, 0.05) is 11.4 Å². The van der Waals surface area contributed by atoms with Crippen LogP contribution in [0, 0.1) is 13.8 Å². The molecule has 4 rings (SSSR count). The van der Waals surface area contributed by atoms with E-state index in [1.54, 1.807) is 18.5 Å². The van der Waals surface area contributed by atoms with Crippen molar-refractivity contribution in [3.8, 4) is 5.69 Å². The van der Waals surface area contributed by atoms with E-state index < -0.39 is 22.0 Å². The number of para-hydroxylation sites is 2. The van der Waals surface area contributed by atoms with Gasteiger partial charge in [-0.3, -0.25) is 9.36 Å². The molecule has 0 aliphatic carbocycles. The molecule has 0 unspecified atom stereocenters. The number of carbonyl (C=O) groups is 1. The summed E-state index contributed by atoms with van der Waals surface area (Å²) in [4.78, 5) is 16.8. The van der Waals surface area contributed by atoms with Crippen molar-refractivity contribution in [2.24, 2.45) is 0 Å². The molecule has 0 saturated carbocycles. The van der Waals surface area contributed by atoms with E-state index in [1.807, 2.05) is 41.0 Å². The third-order valence-electron chi connectivity index (χ3n) is 4.83. The Kier molecular flexibility index (Phi) is 5.34. The third-order valence-corrected chi connectivity index (χ3v) is 6.61. The van der Waals surface area contributed by atoms with Gasteiger partial charge in [0.05, 0.1) is 17.1 Å². The molecule has 10 heteroatoms. The van der Waals surface area contributed by atoms with Crippen LogP contribution in [0.1, 0.15) is 18.4 Å². The average Bonchev–Trinajstić information content (AvgIpc) is 3.31. The lowest BCUT2D eigenvalue weighted by molar-refractivity contribution is -0.117. The second-order valence-corrected chi connectivity index (χ2v) is 8.79. The average molecular weight is 439 g/mol. The molecule has 0 aliphatic heterocycles. The van der Waals surface area contributed by atoms with Crippen molar-refractivity contribution in [2.45, 2.75) is 31.7 Å². The Labute approximate surface area is 179 Å². The summed E-state index contributed by atoms with van der Waals surface area (Å²) in [5.41, 5.74) is 3.53. The highest BCUT2D eigenvalue weighted by molar-refractivity contribution is 7.89. The van der Waals surface area contributed by atoms with E-state index in [9.17, 15) is 13.2 Å². The van der Waals surface area contributed by atoms with Gasteiger partial charge in [-0.15, -0.1) is 0 Å². The zero-order chi connectivity index (χ0) is 22.2. The van der Waals surface area contributed by atoms with E-state index in [1.165, 1.54) is 20.8 Å². The molecule has 9 nitrogen and oxygen atoms in total. The number of carbonyl (C=O) groups excluding carboxylic acids is 1.